The van der Waals surface area contributed by atoms with E-state index in [1.165, 1.54) is 19.3 Å². The van der Waals surface area contributed by atoms with Crippen LogP contribution in [0.25, 0.3) is 0 Å². The van der Waals surface area contributed by atoms with E-state index in [2.05, 4.69) is 10.2 Å². The molecule has 0 unspecified atom stereocenters. The summed E-state index contributed by atoms with van der Waals surface area (Å²) in [6.45, 7) is 6.79. The molecular formula is C18H32N4O3. The average Bonchev–Trinajstić information content (AvgIpc) is 2.62. The highest BCUT2D eigenvalue weighted by Gasteiger charge is 2.46. The summed E-state index contributed by atoms with van der Waals surface area (Å²) in [7, 11) is 0. The van der Waals surface area contributed by atoms with Crippen LogP contribution in [0, 0.1) is 0 Å². The molecule has 3 aliphatic rings. The number of carbonyl (C=O) groups excluding carboxylic acids is 2. The van der Waals surface area contributed by atoms with Crippen LogP contribution in [0.15, 0.2) is 0 Å². The summed E-state index contributed by atoms with van der Waals surface area (Å²) in [6, 6.07) is 0.417. The van der Waals surface area contributed by atoms with Gasteiger partial charge >= 0.3 is 6.03 Å². The van der Waals surface area contributed by atoms with Gasteiger partial charge in [-0.1, -0.05) is 19.3 Å². The second kappa shape index (κ2) is 7.50. The van der Waals surface area contributed by atoms with Gasteiger partial charge in [0.2, 0.25) is 5.91 Å². The molecule has 0 aromatic heterocycles. The molecular weight excluding hydrogens is 320 g/mol. The SMILES string of the molecule is CC(=O)N1C[C@@H]2CN(C(=O)NC3CCCCC3)CCN2[C@](C)(CO)C1. The predicted molar refractivity (Wildman–Crippen MR) is 95.2 cm³/mol. The number of fused-ring (bicyclic) bond motifs is 1. The molecule has 0 aromatic carbocycles. The third-order valence-corrected chi connectivity index (χ3v) is 6.14. The minimum absolute atomic E-state index is 0.0154. The van der Waals surface area contributed by atoms with Crippen LogP contribution in [0.3, 0.4) is 0 Å². The molecule has 2 atom stereocenters. The standard InChI is InChI=1S/C18H32N4O3/c1-14(24)21-11-16-10-20(8-9-22(16)18(2,12-21)13-23)17(25)19-15-6-4-3-5-7-15/h15-16,23H,3-13H2,1-2H3,(H,19,25)/t16-,18-/m0/s1. The van der Waals surface area contributed by atoms with E-state index < -0.39 is 5.54 Å². The van der Waals surface area contributed by atoms with Crippen molar-refractivity contribution in [1.82, 2.24) is 20.0 Å². The molecule has 0 bridgehead atoms. The van der Waals surface area contributed by atoms with Crippen molar-refractivity contribution < 1.29 is 14.7 Å². The second-order valence-electron chi connectivity index (χ2n) is 8.13. The number of nitrogens with zero attached hydrogens (tertiary/aromatic N) is 3. The zero-order chi connectivity index (χ0) is 18.0. The highest BCUT2D eigenvalue weighted by molar-refractivity contribution is 5.75. The Labute approximate surface area is 150 Å². The van der Waals surface area contributed by atoms with Gasteiger partial charge in [0.15, 0.2) is 0 Å². The van der Waals surface area contributed by atoms with Crippen molar-refractivity contribution in [1.29, 1.82) is 0 Å². The topological polar surface area (TPSA) is 76.1 Å². The summed E-state index contributed by atoms with van der Waals surface area (Å²) in [4.78, 5) is 30.5. The zero-order valence-corrected chi connectivity index (χ0v) is 15.5. The van der Waals surface area contributed by atoms with Gasteiger partial charge in [-0.05, 0) is 19.8 Å². The Balaban J connectivity index is 1.64. The molecule has 2 heterocycles. The number of nitrogens with one attached hydrogen (secondary N) is 1. The molecule has 2 N–H and O–H groups in total. The van der Waals surface area contributed by atoms with Crippen LogP contribution in [0.2, 0.25) is 0 Å². The van der Waals surface area contributed by atoms with Gasteiger partial charge in [0.05, 0.1) is 12.1 Å². The number of rotatable bonds is 2. The van der Waals surface area contributed by atoms with E-state index in [1.54, 1.807) is 11.8 Å². The summed E-state index contributed by atoms with van der Waals surface area (Å²) in [6.07, 6.45) is 5.83. The van der Waals surface area contributed by atoms with Crippen LogP contribution in [-0.4, -0.2) is 88.7 Å². The number of carbonyl (C=O) groups is 2. The van der Waals surface area contributed by atoms with E-state index in [4.69, 9.17) is 0 Å². The molecule has 3 rings (SSSR count). The summed E-state index contributed by atoms with van der Waals surface area (Å²) in [5, 5.41) is 13.1. The first kappa shape index (κ1) is 18.5. The van der Waals surface area contributed by atoms with E-state index in [0.29, 0.717) is 32.2 Å². The van der Waals surface area contributed by atoms with E-state index in [0.717, 1.165) is 19.4 Å². The van der Waals surface area contributed by atoms with Gasteiger partial charge in [0.25, 0.3) is 0 Å². The first-order chi connectivity index (χ1) is 11.9. The quantitative estimate of drug-likeness (QED) is 0.764. The van der Waals surface area contributed by atoms with Crippen molar-refractivity contribution in [2.24, 2.45) is 0 Å². The Morgan fingerprint density at radius 2 is 1.80 bits per heavy atom. The maximum atomic E-state index is 12.7. The van der Waals surface area contributed by atoms with Crippen molar-refractivity contribution in [3.05, 3.63) is 0 Å². The smallest absolute Gasteiger partial charge is 0.317 e. The van der Waals surface area contributed by atoms with Gasteiger partial charge in [0.1, 0.15) is 0 Å². The second-order valence-corrected chi connectivity index (χ2v) is 8.13. The number of aliphatic hydroxyl groups excluding tert-OH is 1. The Kier molecular flexibility index (Phi) is 5.53. The van der Waals surface area contributed by atoms with Crippen LogP contribution >= 0.6 is 0 Å². The fourth-order valence-electron chi connectivity index (χ4n) is 4.62. The van der Waals surface area contributed by atoms with E-state index in [-0.39, 0.29) is 24.6 Å². The Hall–Kier alpha value is -1.34. The molecule has 0 radical (unpaired) electrons. The Bertz CT molecular complexity index is 509. The van der Waals surface area contributed by atoms with Crippen molar-refractivity contribution in [3.8, 4) is 0 Å². The first-order valence-corrected chi connectivity index (χ1v) is 9.61. The van der Waals surface area contributed by atoms with Crippen LogP contribution in [0.4, 0.5) is 4.79 Å². The highest BCUT2D eigenvalue weighted by Crippen LogP contribution is 2.28. The number of amides is 3. The maximum absolute atomic E-state index is 12.7. The molecule has 0 spiro atoms. The molecule has 2 saturated heterocycles. The van der Waals surface area contributed by atoms with Gasteiger partial charge in [-0.15, -0.1) is 0 Å². The molecule has 3 amide bonds. The molecule has 142 valence electrons. The minimum Gasteiger partial charge on any atom is -0.394 e. The van der Waals surface area contributed by atoms with Gasteiger partial charge in [0, 0.05) is 51.7 Å². The third-order valence-electron chi connectivity index (χ3n) is 6.14. The Morgan fingerprint density at radius 3 is 2.44 bits per heavy atom. The van der Waals surface area contributed by atoms with Crippen molar-refractivity contribution in [2.75, 3.05) is 39.3 Å². The van der Waals surface area contributed by atoms with Gasteiger partial charge in [-0.2, -0.15) is 0 Å². The molecule has 2 aliphatic heterocycles. The van der Waals surface area contributed by atoms with E-state index >= 15 is 0 Å². The van der Waals surface area contributed by atoms with Gasteiger partial charge < -0.3 is 20.2 Å². The predicted octanol–water partition coefficient (Wildman–Crippen LogP) is 0.628. The van der Waals surface area contributed by atoms with E-state index in [1.807, 2.05) is 11.8 Å². The number of hydrogen-bond acceptors (Lipinski definition) is 4. The highest BCUT2D eigenvalue weighted by atomic mass is 16.3. The fourth-order valence-corrected chi connectivity index (χ4v) is 4.62. The summed E-state index contributed by atoms with van der Waals surface area (Å²) in [5.74, 6) is 0.0307. The monoisotopic (exact) mass is 352 g/mol. The van der Waals surface area contributed by atoms with Crippen molar-refractivity contribution >= 4 is 11.9 Å². The molecule has 1 aliphatic carbocycles. The number of piperazine rings is 2. The first-order valence-electron chi connectivity index (χ1n) is 9.61. The average molecular weight is 352 g/mol. The van der Waals surface area contributed by atoms with Gasteiger partial charge in [-0.25, -0.2) is 4.79 Å². The largest absolute Gasteiger partial charge is 0.394 e. The number of urea groups is 1. The van der Waals surface area contributed by atoms with Crippen LogP contribution in [0.5, 0.6) is 0 Å². The lowest BCUT2D eigenvalue weighted by Crippen LogP contribution is -2.73. The third kappa shape index (κ3) is 3.92. The molecule has 3 fully saturated rings. The lowest BCUT2D eigenvalue weighted by atomic mass is 9.91. The van der Waals surface area contributed by atoms with Crippen LogP contribution in [-0.2, 0) is 4.79 Å². The van der Waals surface area contributed by atoms with Crippen LogP contribution < -0.4 is 5.32 Å². The summed E-state index contributed by atoms with van der Waals surface area (Å²) in [5.41, 5.74) is -0.430. The van der Waals surface area contributed by atoms with Crippen molar-refractivity contribution in [2.45, 2.75) is 63.6 Å². The van der Waals surface area contributed by atoms with Gasteiger partial charge in [-0.3, -0.25) is 9.69 Å². The number of aliphatic hydroxyl groups is 1. The molecule has 1 saturated carbocycles. The van der Waals surface area contributed by atoms with E-state index in [9.17, 15) is 14.7 Å². The molecule has 7 nitrogen and oxygen atoms in total. The van der Waals surface area contributed by atoms with Crippen molar-refractivity contribution in [3.63, 3.8) is 0 Å². The fraction of sp³-hybridized carbons (Fsp3) is 0.889. The minimum atomic E-state index is -0.430. The summed E-state index contributed by atoms with van der Waals surface area (Å²) >= 11 is 0. The lowest BCUT2D eigenvalue weighted by Gasteiger charge is -2.56. The normalized spacial score (nSPS) is 31.6. The maximum Gasteiger partial charge on any atom is 0.317 e. The molecule has 0 aromatic rings. The lowest BCUT2D eigenvalue weighted by molar-refractivity contribution is -0.142. The zero-order valence-electron chi connectivity index (χ0n) is 15.5. The summed E-state index contributed by atoms with van der Waals surface area (Å²) < 4.78 is 0. The molecule has 25 heavy (non-hydrogen) atoms. The van der Waals surface area contributed by atoms with Crippen LogP contribution in [0.1, 0.15) is 46.0 Å². The Morgan fingerprint density at radius 1 is 1.12 bits per heavy atom. The number of hydrogen-bond donors (Lipinski definition) is 2. The molecule has 7 heteroatoms.